The van der Waals surface area contributed by atoms with Gasteiger partial charge in [0.1, 0.15) is 12.6 Å². The third kappa shape index (κ3) is 5.23. The van der Waals surface area contributed by atoms with E-state index in [1.54, 1.807) is 12.1 Å². The van der Waals surface area contributed by atoms with Crippen molar-refractivity contribution in [1.29, 1.82) is 0 Å². The summed E-state index contributed by atoms with van der Waals surface area (Å²) in [6.07, 6.45) is 1.50. The number of esters is 1. The molecule has 1 fully saturated rings. The highest BCUT2D eigenvalue weighted by atomic mass is 35.5. The minimum Gasteiger partial charge on any atom is -0.486 e. The predicted octanol–water partition coefficient (Wildman–Crippen LogP) is 5.48. The fourth-order valence-corrected chi connectivity index (χ4v) is 4.40. The van der Waals surface area contributed by atoms with Crippen molar-refractivity contribution in [3.8, 4) is 5.75 Å². The molecule has 3 rings (SSSR count). The molecule has 1 aliphatic rings. The first-order valence-corrected chi connectivity index (χ1v) is 10.8. The lowest BCUT2D eigenvalue weighted by atomic mass is 10.1. The first-order chi connectivity index (χ1) is 14.7. The Morgan fingerprint density at radius 2 is 1.77 bits per heavy atom. The monoisotopic (exact) mass is 479 g/mol. The standard InChI is InChI=1S/C22H19Cl2NO5S/c1-12-4-6-14(7-5-12)11-30-19-16(23)8-15(9-17(19)24)10-18-20(26)25(22(28)31-18)13(2)21(27)29-3/h4-10,13H,11H2,1-3H3/b18-10+/t13-/m0/s1. The van der Waals surface area contributed by atoms with Crippen LogP contribution in [0.5, 0.6) is 5.75 Å². The Bertz CT molecular complexity index is 1050. The van der Waals surface area contributed by atoms with Crippen LogP contribution in [0.25, 0.3) is 6.08 Å². The van der Waals surface area contributed by atoms with Crippen LogP contribution in [0.4, 0.5) is 4.79 Å². The fourth-order valence-electron chi connectivity index (χ4n) is 2.88. The van der Waals surface area contributed by atoms with Gasteiger partial charge in [-0.25, -0.2) is 4.79 Å². The zero-order valence-electron chi connectivity index (χ0n) is 17.0. The van der Waals surface area contributed by atoms with Gasteiger partial charge < -0.3 is 9.47 Å². The Hall–Kier alpha value is -2.48. The quantitative estimate of drug-likeness (QED) is 0.403. The maximum absolute atomic E-state index is 12.6. The lowest BCUT2D eigenvalue weighted by Gasteiger charge is -2.18. The average molecular weight is 480 g/mol. The van der Waals surface area contributed by atoms with Crippen molar-refractivity contribution < 1.29 is 23.9 Å². The molecule has 2 aromatic carbocycles. The van der Waals surface area contributed by atoms with E-state index in [0.717, 1.165) is 27.8 Å². The van der Waals surface area contributed by atoms with Crippen LogP contribution in [-0.2, 0) is 20.9 Å². The highest BCUT2D eigenvalue weighted by molar-refractivity contribution is 8.18. The van der Waals surface area contributed by atoms with Crippen molar-refractivity contribution in [3.63, 3.8) is 0 Å². The van der Waals surface area contributed by atoms with Crippen LogP contribution < -0.4 is 4.74 Å². The number of benzene rings is 2. The summed E-state index contributed by atoms with van der Waals surface area (Å²) < 4.78 is 10.4. The van der Waals surface area contributed by atoms with Gasteiger partial charge in [-0.3, -0.25) is 14.5 Å². The summed E-state index contributed by atoms with van der Waals surface area (Å²) in [5.74, 6) is -0.932. The Morgan fingerprint density at radius 1 is 1.16 bits per heavy atom. The van der Waals surface area contributed by atoms with E-state index in [4.69, 9.17) is 27.9 Å². The molecule has 162 valence electrons. The molecule has 0 radical (unpaired) electrons. The maximum atomic E-state index is 12.6. The molecule has 9 heteroatoms. The molecule has 0 spiro atoms. The summed E-state index contributed by atoms with van der Waals surface area (Å²) in [5, 5.41) is -0.00886. The maximum Gasteiger partial charge on any atom is 0.328 e. The molecule has 0 saturated carbocycles. The second-order valence-corrected chi connectivity index (χ2v) is 8.65. The van der Waals surface area contributed by atoms with Crippen LogP contribution in [0.3, 0.4) is 0 Å². The number of aryl methyl sites for hydroxylation is 1. The Balaban J connectivity index is 1.78. The molecule has 2 aromatic rings. The van der Waals surface area contributed by atoms with Gasteiger partial charge in [-0.1, -0.05) is 53.0 Å². The van der Waals surface area contributed by atoms with Crippen LogP contribution in [-0.4, -0.2) is 35.2 Å². The minimum absolute atomic E-state index is 0.154. The number of imide groups is 1. The number of hydrogen-bond acceptors (Lipinski definition) is 6. The number of carbonyl (C=O) groups excluding carboxylic acids is 3. The van der Waals surface area contributed by atoms with Crippen molar-refractivity contribution in [1.82, 2.24) is 4.90 Å². The van der Waals surface area contributed by atoms with E-state index in [9.17, 15) is 14.4 Å². The number of halogens is 2. The molecule has 0 N–H and O–H groups in total. The summed E-state index contributed by atoms with van der Waals surface area (Å²) >= 11 is 13.4. The zero-order valence-corrected chi connectivity index (χ0v) is 19.3. The Labute approximate surface area is 194 Å². The normalized spacial score (nSPS) is 16.0. The Kier molecular flexibility index (Phi) is 7.30. The fraction of sp³-hybridized carbons (Fsp3) is 0.227. The van der Waals surface area contributed by atoms with Gasteiger partial charge in [-0.05, 0) is 54.9 Å². The van der Waals surface area contributed by atoms with Crippen LogP contribution in [0, 0.1) is 6.92 Å². The van der Waals surface area contributed by atoms with Crippen LogP contribution >= 0.6 is 35.0 Å². The molecular formula is C22H19Cl2NO5S. The topological polar surface area (TPSA) is 72.9 Å². The zero-order chi connectivity index (χ0) is 22.7. The largest absolute Gasteiger partial charge is 0.486 e. The van der Waals surface area contributed by atoms with Gasteiger partial charge in [0.15, 0.2) is 5.75 Å². The molecule has 0 bridgehead atoms. The van der Waals surface area contributed by atoms with E-state index in [-0.39, 0.29) is 15.0 Å². The molecule has 0 unspecified atom stereocenters. The number of hydrogen-bond donors (Lipinski definition) is 0. The van der Waals surface area contributed by atoms with Crippen molar-refractivity contribution >= 4 is 58.2 Å². The van der Waals surface area contributed by atoms with Crippen molar-refractivity contribution in [2.75, 3.05) is 7.11 Å². The molecule has 1 heterocycles. The lowest BCUT2D eigenvalue weighted by molar-refractivity contribution is -0.148. The highest BCUT2D eigenvalue weighted by Gasteiger charge is 2.41. The SMILES string of the molecule is COC(=O)[C@H](C)N1C(=O)S/C(=C/c2cc(Cl)c(OCc3ccc(C)cc3)c(Cl)c2)C1=O. The molecular weight excluding hydrogens is 461 g/mol. The third-order valence-electron chi connectivity index (χ3n) is 4.58. The Morgan fingerprint density at radius 3 is 2.35 bits per heavy atom. The molecule has 6 nitrogen and oxygen atoms in total. The molecule has 2 amide bonds. The highest BCUT2D eigenvalue weighted by Crippen LogP contribution is 2.38. The molecule has 1 aliphatic heterocycles. The van der Waals surface area contributed by atoms with Gasteiger partial charge in [0.2, 0.25) is 0 Å². The first kappa shape index (κ1) is 23.2. The molecule has 0 aromatic heterocycles. The predicted molar refractivity (Wildman–Crippen MR) is 121 cm³/mol. The van der Waals surface area contributed by atoms with E-state index in [2.05, 4.69) is 4.74 Å². The summed E-state index contributed by atoms with van der Waals surface area (Å²) in [7, 11) is 1.19. The van der Waals surface area contributed by atoms with Crippen LogP contribution in [0.1, 0.15) is 23.6 Å². The number of thioether (sulfide) groups is 1. The van der Waals surface area contributed by atoms with E-state index in [0.29, 0.717) is 17.9 Å². The molecule has 1 atom stereocenters. The number of carbonyl (C=O) groups is 3. The number of rotatable bonds is 6. The lowest BCUT2D eigenvalue weighted by Crippen LogP contribution is -2.42. The van der Waals surface area contributed by atoms with Gasteiger partial charge in [0.05, 0.1) is 22.1 Å². The van der Waals surface area contributed by atoms with E-state index in [1.807, 2.05) is 31.2 Å². The summed E-state index contributed by atoms with van der Waals surface area (Å²) in [4.78, 5) is 37.6. The number of nitrogens with zero attached hydrogens (tertiary/aromatic N) is 1. The number of amides is 2. The van der Waals surface area contributed by atoms with Gasteiger partial charge in [-0.15, -0.1) is 0 Å². The van der Waals surface area contributed by atoms with Crippen molar-refractivity contribution in [3.05, 3.63) is 68.0 Å². The van der Waals surface area contributed by atoms with E-state index in [1.165, 1.54) is 20.1 Å². The minimum atomic E-state index is -1.02. The average Bonchev–Trinajstić information content (AvgIpc) is 3.00. The molecule has 1 saturated heterocycles. The van der Waals surface area contributed by atoms with Crippen LogP contribution in [0.15, 0.2) is 41.3 Å². The second kappa shape index (κ2) is 9.77. The summed E-state index contributed by atoms with van der Waals surface area (Å²) in [5.41, 5.74) is 2.64. The first-order valence-electron chi connectivity index (χ1n) is 9.23. The number of methoxy groups -OCH3 is 1. The smallest absolute Gasteiger partial charge is 0.328 e. The van der Waals surface area contributed by atoms with E-state index >= 15 is 0 Å². The molecule has 0 aliphatic carbocycles. The second-order valence-electron chi connectivity index (χ2n) is 6.84. The summed E-state index contributed by atoms with van der Waals surface area (Å²) in [6, 6.07) is 10.0. The number of ether oxygens (including phenoxy) is 2. The van der Waals surface area contributed by atoms with Crippen molar-refractivity contribution in [2.45, 2.75) is 26.5 Å². The van der Waals surface area contributed by atoms with Gasteiger partial charge >= 0.3 is 5.97 Å². The summed E-state index contributed by atoms with van der Waals surface area (Å²) in [6.45, 7) is 3.73. The molecule has 31 heavy (non-hydrogen) atoms. The van der Waals surface area contributed by atoms with Gasteiger partial charge in [-0.2, -0.15) is 0 Å². The third-order valence-corrected chi connectivity index (χ3v) is 6.02. The van der Waals surface area contributed by atoms with Crippen molar-refractivity contribution in [2.24, 2.45) is 0 Å². The van der Waals surface area contributed by atoms with Gasteiger partial charge in [0.25, 0.3) is 11.1 Å². The van der Waals surface area contributed by atoms with E-state index < -0.39 is 23.2 Å². The van der Waals surface area contributed by atoms with Crippen LogP contribution in [0.2, 0.25) is 10.0 Å². The van der Waals surface area contributed by atoms with Gasteiger partial charge in [0, 0.05) is 0 Å².